The lowest BCUT2D eigenvalue weighted by Crippen LogP contribution is -2.57. The first-order valence-electron chi connectivity index (χ1n) is 9.02. The van der Waals surface area contributed by atoms with Gasteiger partial charge in [0.2, 0.25) is 5.95 Å². The van der Waals surface area contributed by atoms with Crippen LogP contribution in [0.2, 0.25) is 0 Å². The Morgan fingerprint density at radius 2 is 2.04 bits per heavy atom. The van der Waals surface area contributed by atoms with Crippen molar-refractivity contribution in [2.24, 2.45) is 5.41 Å². The molecular weight excluding hydrogens is 325 g/mol. The second-order valence-electron chi connectivity index (χ2n) is 7.27. The molecule has 3 aliphatic rings. The van der Waals surface area contributed by atoms with E-state index in [2.05, 4.69) is 20.2 Å². The summed E-state index contributed by atoms with van der Waals surface area (Å²) in [6.07, 6.45) is 6.27. The Bertz CT molecular complexity index is 622. The molecule has 8 heteroatoms. The second-order valence-corrected chi connectivity index (χ2v) is 7.27. The first-order valence-corrected chi connectivity index (χ1v) is 9.02. The SMILES string of the molecule is O=C(N[C@@H]1CCOC[C@]12CCN(c1ncc(F)cn1)C2)N1CCCC1. The number of carbonyl (C=O) groups is 1. The third kappa shape index (κ3) is 3.27. The molecule has 0 bridgehead atoms. The van der Waals surface area contributed by atoms with Gasteiger partial charge in [0.05, 0.1) is 19.0 Å². The molecule has 0 radical (unpaired) electrons. The zero-order chi connectivity index (χ0) is 17.3. The molecule has 1 spiro atoms. The smallest absolute Gasteiger partial charge is 0.317 e. The van der Waals surface area contributed by atoms with Crippen LogP contribution in [0.1, 0.15) is 25.7 Å². The van der Waals surface area contributed by atoms with Gasteiger partial charge < -0.3 is 19.9 Å². The lowest BCUT2D eigenvalue weighted by atomic mass is 9.77. The van der Waals surface area contributed by atoms with Crippen LogP contribution in [-0.2, 0) is 4.74 Å². The van der Waals surface area contributed by atoms with Crippen molar-refractivity contribution in [1.82, 2.24) is 20.2 Å². The predicted molar refractivity (Wildman–Crippen MR) is 89.8 cm³/mol. The third-order valence-electron chi connectivity index (χ3n) is 5.65. The summed E-state index contributed by atoms with van der Waals surface area (Å²) in [7, 11) is 0. The second kappa shape index (κ2) is 6.74. The molecular formula is C17H24FN5O2. The van der Waals surface area contributed by atoms with Crippen LogP contribution in [0.4, 0.5) is 15.1 Å². The summed E-state index contributed by atoms with van der Waals surface area (Å²) in [5, 5.41) is 3.25. The van der Waals surface area contributed by atoms with Crippen molar-refractivity contribution in [1.29, 1.82) is 0 Å². The van der Waals surface area contributed by atoms with E-state index in [0.29, 0.717) is 25.7 Å². The monoisotopic (exact) mass is 349 g/mol. The van der Waals surface area contributed by atoms with E-state index in [-0.39, 0.29) is 17.5 Å². The van der Waals surface area contributed by atoms with Crippen molar-refractivity contribution in [2.75, 3.05) is 44.3 Å². The van der Waals surface area contributed by atoms with Gasteiger partial charge in [-0.3, -0.25) is 0 Å². The number of anilines is 1. The fraction of sp³-hybridized carbons (Fsp3) is 0.706. The van der Waals surface area contributed by atoms with Crippen LogP contribution in [0.3, 0.4) is 0 Å². The van der Waals surface area contributed by atoms with Crippen LogP contribution >= 0.6 is 0 Å². The molecule has 1 N–H and O–H groups in total. The zero-order valence-electron chi connectivity index (χ0n) is 14.3. The number of urea groups is 1. The molecule has 2 atom stereocenters. The molecule has 136 valence electrons. The van der Waals surface area contributed by atoms with Gasteiger partial charge in [0, 0.05) is 44.2 Å². The van der Waals surface area contributed by atoms with Crippen LogP contribution < -0.4 is 10.2 Å². The van der Waals surface area contributed by atoms with Crippen molar-refractivity contribution in [3.63, 3.8) is 0 Å². The molecule has 3 fully saturated rings. The van der Waals surface area contributed by atoms with Crippen molar-refractivity contribution in [3.8, 4) is 0 Å². The van der Waals surface area contributed by atoms with Gasteiger partial charge in [-0.15, -0.1) is 0 Å². The first kappa shape index (κ1) is 16.5. The van der Waals surface area contributed by atoms with Crippen LogP contribution in [-0.4, -0.2) is 66.3 Å². The molecule has 4 rings (SSSR count). The number of nitrogens with zero attached hydrogens (tertiary/aromatic N) is 4. The molecule has 3 saturated heterocycles. The van der Waals surface area contributed by atoms with Crippen LogP contribution in [0.15, 0.2) is 12.4 Å². The summed E-state index contributed by atoms with van der Waals surface area (Å²) in [4.78, 5) is 24.7. The van der Waals surface area contributed by atoms with Gasteiger partial charge in [0.25, 0.3) is 0 Å². The van der Waals surface area contributed by atoms with Crippen molar-refractivity contribution in [2.45, 2.75) is 31.7 Å². The number of hydrogen-bond acceptors (Lipinski definition) is 5. The fourth-order valence-corrected chi connectivity index (χ4v) is 4.21. The molecule has 0 saturated carbocycles. The van der Waals surface area contributed by atoms with E-state index in [1.54, 1.807) is 0 Å². The average molecular weight is 349 g/mol. The first-order chi connectivity index (χ1) is 12.2. The highest BCUT2D eigenvalue weighted by Gasteiger charge is 2.48. The minimum absolute atomic E-state index is 0.0419. The molecule has 1 aromatic heterocycles. The fourth-order valence-electron chi connectivity index (χ4n) is 4.21. The highest BCUT2D eigenvalue weighted by atomic mass is 19.1. The van der Waals surface area contributed by atoms with Gasteiger partial charge in [0.1, 0.15) is 0 Å². The van der Waals surface area contributed by atoms with E-state index >= 15 is 0 Å². The van der Waals surface area contributed by atoms with Crippen LogP contribution in [0.25, 0.3) is 0 Å². The highest BCUT2D eigenvalue weighted by Crippen LogP contribution is 2.39. The zero-order valence-corrected chi connectivity index (χ0v) is 14.3. The number of amides is 2. The number of aromatic nitrogens is 2. The van der Waals surface area contributed by atoms with E-state index in [0.717, 1.165) is 45.3 Å². The lowest BCUT2D eigenvalue weighted by molar-refractivity contribution is -0.0190. The minimum Gasteiger partial charge on any atom is -0.381 e. The Hall–Kier alpha value is -1.96. The molecule has 0 unspecified atom stereocenters. The van der Waals surface area contributed by atoms with Crippen molar-refractivity contribution in [3.05, 3.63) is 18.2 Å². The Balaban J connectivity index is 1.46. The Labute approximate surface area is 146 Å². The molecule has 25 heavy (non-hydrogen) atoms. The number of rotatable bonds is 2. The Morgan fingerprint density at radius 1 is 1.28 bits per heavy atom. The molecule has 2 amide bonds. The van der Waals surface area contributed by atoms with Gasteiger partial charge >= 0.3 is 6.03 Å². The number of halogens is 1. The maximum absolute atomic E-state index is 13.1. The van der Waals surface area contributed by atoms with Crippen molar-refractivity contribution >= 4 is 12.0 Å². The maximum atomic E-state index is 13.1. The van der Waals surface area contributed by atoms with Gasteiger partial charge in [-0.2, -0.15) is 0 Å². The number of nitrogens with one attached hydrogen (secondary N) is 1. The molecule has 7 nitrogen and oxygen atoms in total. The van der Waals surface area contributed by atoms with Gasteiger partial charge in [-0.05, 0) is 25.7 Å². The van der Waals surface area contributed by atoms with E-state index < -0.39 is 5.82 Å². The van der Waals surface area contributed by atoms with Crippen LogP contribution in [0, 0.1) is 11.2 Å². The molecule has 0 aromatic carbocycles. The Morgan fingerprint density at radius 3 is 2.80 bits per heavy atom. The van der Waals surface area contributed by atoms with Gasteiger partial charge in [-0.1, -0.05) is 0 Å². The van der Waals surface area contributed by atoms with E-state index in [1.165, 1.54) is 12.4 Å². The summed E-state index contributed by atoms with van der Waals surface area (Å²) in [5.41, 5.74) is -0.134. The summed E-state index contributed by atoms with van der Waals surface area (Å²) >= 11 is 0. The van der Waals surface area contributed by atoms with Gasteiger partial charge in [0.15, 0.2) is 5.82 Å². The quantitative estimate of drug-likeness (QED) is 0.874. The highest BCUT2D eigenvalue weighted by molar-refractivity contribution is 5.75. The molecule has 4 heterocycles. The summed E-state index contributed by atoms with van der Waals surface area (Å²) in [6.45, 7) is 4.47. The minimum atomic E-state index is -0.436. The number of carbonyl (C=O) groups excluding carboxylic acids is 1. The summed E-state index contributed by atoms with van der Waals surface area (Å²) in [5.74, 6) is 0.0999. The average Bonchev–Trinajstić information content (AvgIpc) is 3.29. The van der Waals surface area contributed by atoms with E-state index in [4.69, 9.17) is 4.74 Å². The predicted octanol–water partition coefficient (Wildman–Crippen LogP) is 1.41. The largest absolute Gasteiger partial charge is 0.381 e. The van der Waals surface area contributed by atoms with Gasteiger partial charge in [-0.25, -0.2) is 19.2 Å². The molecule has 3 aliphatic heterocycles. The normalized spacial score (nSPS) is 29.4. The third-order valence-corrected chi connectivity index (χ3v) is 5.65. The summed E-state index contributed by atoms with van der Waals surface area (Å²) < 4.78 is 18.8. The molecule has 1 aromatic rings. The molecule has 0 aliphatic carbocycles. The standard InChI is InChI=1S/C17H24FN5O2/c18-13-9-19-15(20-10-13)23-7-4-17(11-23)12-25-8-3-14(17)21-16(24)22-5-1-2-6-22/h9-10,14H,1-8,11-12H2,(H,21,24)/t14-,17-/m1/s1. The summed E-state index contributed by atoms with van der Waals surface area (Å²) in [6, 6.07) is 0.125. The number of likely N-dealkylation sites (tertiary alicyclic amines) is 1. The Kier molecular flexibility index (Phi) is 4.45. The maximum Gasteiger partial charge on any atom is 0.317 e. The number of ether oxygens (including phenoxy) is 1. The van der Waals surface area contributed by atoms with Crippen molar-refractivity contribution < 1.29 is 13.9 Å². The van der Waals surface area contributed by atoms with Crippen LogP contribution in [0.5, 0.6) is 0 Å². The topological polar surface area (TPSA) is 70.6 Å². The van der Waals surface area contributed by atoms with E-state index in [9.17, 15) is 9.18 Å². The lowest BCUT2D eigenvalue weighted by Gasteiger charge is -2.41. The van der Waals surface area contributed by atoms with E-state index in [1.807, 2.05) is 4.90 Å². The number of hydrogen-bond donors (Lipinski definition) is 1.